The van der Waals surface area contributed by atoms with Gasteiger partial charge in [-0.1, -0.05) is 23.7 Å². The van der Waals surface area contributed by atoms with Crippen molar-refractivity contribution in [1.29, 1.82) is 5.26 Å². The molecule has 6 heteroatoms. The molecule has 0 unspecified atom stereocenters. The highest BCUT2D eigenvalue weighted by Crippen LogP contribution is 2.25. The predicted molar refractivity (Wildman–Crippen MR) is 87.2 cm³/mol. The van der Waals surface area contributed by atoms with Crippen molar-refractivity contribution in [1.82, 2.24) is 10.2 Å². The first-order chi connectivity index (χ1) is 11.2. The maximum atomic E-state index is 12.5. The molecule has 122 valence electrons. The van der Waals surface area contributed by atoms with E-state index < -0.39 is 0 Å². The van der Waals surface area contributed by atoms with Gasteiger partial charge < -0.3 is 9.64 Å². The smallest absolute Gasteiger partial charge is 0.240 e. The van der Waals surface area contributed by atoms with Crippen LogP contribution in [0.2, 0.25) is 5.02 Å². The summed E-state index contributed by atoms with van der Waals surface area (Å²) in [6.07, 6.45) is 3.36. The normalized spacial score (nSPS) is 27.0. The summed E-state index contributed by atoms with van der Waals surface area (Å²) in [5.74, 6) is 0.712. The van der Waals surface area contributed by atoms with E-state index in [1.165, 1.54) is 0 Å². The molecule has 23 heavy (non-hydrogen) atoms. The van der Waals surface area contributed by atoms with Crippen LogP contribution in [0, 0.1) is 11.3 Å². The van der Waals surface area contributed by atoms with E-state index in [1.807, 2.05) is 18.2 Å². The van der Waals surface area contributed by atoms with Crippen molar-refractivity contribution in [3.8, 4) is 11.8 Å². The maximum Gasteiger partial charge on any atom is 0.240 e. The van der Waals surface area contributed by atoms with Crippen LogP contribution in [-0.4, -0.2) is 42.1 Å². The molecule has 0 bridgehead atoms. The third kappa shape index (κ3) is 3.60. The Morgan fingerprint density at radius 3 is 3.00 bits per heavy atom. The molecule has 2 heterocycles. The van der Waals surface area contributed by atoms with E-state index in [-0.39, 0.29) is 24.0 Å². The summed E-state index contributed by atoms with van der Waals surface area (Å²) in [5.41, 5.74) is 0. The maximum absolute atomic E-state index is 12.5. The second-order valence-corrected chi connectivity index (χ2v) is 6.46. The number of benzene rings is 1. The lowest BCUT2D eigenvalue weighted by Crippen LogP contribution is -2.47. The number of hydrogen-bond acceptors (Lipinski definition) is 4. The van der Waals surface area contributed by atoms with E-state index in [0.717, 1.165) is 25.7 Å². The Morgan fingerprint density at radius 1 is 1.39 bits per heavy atom. The van der Waals surface area contributed by atoms with Gasteiger partial charge in [0.1, 0.15) is 18.4 Å². The van der Waals surface area contributed by atoms with Crippen LogP contribution in [0.3, 0.4) is 0 Å². The van der Waals surface area contributed by atoms with E-state index in [4.69, 9.17) is 21.6 Å². The van der Waals surface area contributed by atoms with Crippen LogP contribution in [0.5, 0.6) is 5.75 Å². The van der Waals surface area contributed by atoms with Crippen molar-refractivity contribution in [2.45, 2.75) is 43.8 Å². The number of nitrogens with zero attached hydrogens (tertiary/aromatic N) is 2. The van der Waals surface area contributed by atoms with Crippen LogP contribution in [-0.2, 0) is 4.79 Å². The Bertz CT molecular complexity index is 616. The van der Waals surface area contributed by atoms with Crippen LogP contribution < -0.4 is 10.1 Å². The molecule has 3 atom stereocenters. The summed E-state index contributed by atoms with van der Waals surface area (Å²) in [6, 6.07) is 9.25. The fraction of sp³-hybridized carbons (Fsp3) is 0.529. The van der Waals surface area contributed by atoms with Gasteiger partial charge in [-0.05, 0) is 37.8 Å². The minimum absolute atomic E-state index is 0.0503. The van der Waals surface area contributed by atoms with E-state index in [9.17, 15) is 4.79 Å². The average Bonchev–Trinajstić information content (AvgIpc) is 3.22. The van der Waals surface area contributed by atoms with Crippen LogP contribution in [0.25, 0.3) is 0 Å². The molecule has 0 radical (unpaired) electrons. The van der Waals surface area contributed by atoms with Gasteiger partial charge in [0.2, 0.25) is 5.91 Å². The number of ether oxygens (including phenoxy) is 1. The molecule has 1 amide bonds. The van der Waals surface area contributed by atoms with Crippen molar-refractivity contribution >= 4 is 17.5 Å². The number of amides is 1. The van der Waals surface area contributed by atoms with Crippen molar-refractivity contribution in [3.63, 3.8) is 0 Å². The van der Waals surface area contributed by atoms with Crippen molar-refractivity contribution < 1.29 is 9.53 Å². The highest BCUT2D eigenvalue weighted by atomic mass is 35.5. The molecule has 2 saturated heterocycles. The predicted octanol–water partition coefficient (Wildman–Crippen LogP) is 2.35. The minimum Gasteiger partial charge on any atom is -0.490 e. The minimum atomic E-state index is -0.261. The number of carbonyl (C=O) groups is 1. The summed E-state index contributed by atoms with van der Waals surface area (Å²) >= 11 is 6.07. The first-order valence-corrected chi connectivity index (χ1v) is 8.40. The summed E-state index contributed by atoms with van der Waals surface area (Å²) < 4.78 is 5.74. The van der Waals surface area contributed by atoms with E-state index in [2.05, 4.69) is 11.4 Å². The van der Waals surface area contributed by atoms with Crippen molar-refractivity contribution in [3.05, 3.63) is 29.3 Å². The molecule has 1 aromatic rings. The zero-order valence-corrected chi connectivity index (χ0v) is 13.6. The fourth-order valence-electron chi connectivity index (χ4n) is 3.26. The van der Waals surface area contributed by atoms with Gasteiger partial charge in [-0.15, -0.1) is 0 Å². The number of hydrogen-bond donors (Lipinski definition) is 1. The summed E-state index contributed by atoms with van der Waals surface area (Å²) in [5, 5.41) is 13.0. The molecule has 5 nitrogen and oxygen atoms in total. The van der Waals surface area contributed by atoms with Crippen molar-refractivity contribution in [2.24, 2.45) is 0 Å². The van der Waals surface area contributed by atoms with Gasteiger partial charge in [-0.3, -0.25) is 10.1 Å². The van der Waals surface area contributed by atoms with Gasteiger partial charge in [0.15, 0.2) is 0 Å². The number of carbonyl (C=O) groups excluding carboxylic acids is 1. The second-order valence-electron chi connectivity index (χ2n) is 6.05. The SMILES string of the molecule is N#C[C@@H]1CCCN1C(=O)[C@@H]1CC[C@H](COc2ccccc2Cl)N1. The molecule has 0 saturated carbocycles. The number of likely N-dealkylation sites (tertiary alicyclic amines) is 1. The summed E-state index contributed by atoms with van der Waals surface area (Å²) in [4.78, 5) is 14.3. The van der Waals surface area contributed by atoms with Gasteiger partial charge in [0.25, 0.3) is 0 Å². The molecule has 1 N–H and O–H groups in total. The topological polar surface area (TPSA) is 65.4 Å². The molecule has 3 rings (SSSR count). The molecule has 2 aliphatic rings. The lowest BCUT2D eigenvalue weighted by Gasteiger charge is -2.24. The molecular formula is C17H20ClN3O2. The number of rotatable bonds is 4. The Hall–Kier alpha value is -1.77. The monoisotopic (exact) mass is 333 g/mol. The number of para-hydroxylation sites is 1. The van der Waals surface area contributed by atoms with Crippen LogP contribution in [0.1, 0.15) is 25.7 Å². The largest absolute Gasteiger partial charge is 0.490 e. The van der Waals surface area contributed by atoms with Crippen molar-refractivity contribution in [2.75, 3.05) is 13.2 Å². The fourth-order valence-corrected chi connectivity index (χ4v) is 3.45. The highest BCUT2D eigenvalue weighted by molar-refractivity contribution is 6.32. The number of halogens is 1. The van der Waals surface area contributed by atoms with Gasteiger partial charge >= 0.3 is 0 Å². The molecule has 2 fully saturated rings. The Kier molecular flexibility index (Phi) is 5.04. The second kappa shape index (κ2) is 7.20. The van der Waals surface area contributed by atoms with Crippen LogP contribution in [0.4, 0.5) is 0 Å². The average molecular weight is 334 g/mol. The quantitative estimate of drug-likeness (QED) is 0.918. The molecular weight excluding hydrogens is 314 g/mol. The standard InChI is InChI=1S/C17H20ClN3O2/c18-14-5-1-2-6-16(14)23-11-12-7-8-15(20-12)17(22)21-9-3-4-13(21)10-19/h1-2,5-6,12-13,15,20H,3-4,7-9,11H2/t12-,13+,15+/m1/s1. The highest BCUT2D eigenvalue weighted by Gasteiger charge is 2.36. The molecule has 2 aliphatic heterocycles. The first kappa shape index (κ1) is 16.1. The zero-order valence-electron chi connectivity index (χ0n) is 12.9. The van der Waals surface area contributed by atoms with Crippen LogP contribution in [0.15, 0.2) is 24.3 Å². The van der Waals surface area contributed by atoms with E-state index in [1.54, 1.807) is 11.0 Å². The molecule has 0 aliphatic carbocycles. The first-order valence-electron chi connectivity index (χ1n) is 8.02. The van der Waals surface area contributed by atoms with Gasteiger partial charge in [0, 0.05) is 12.6 Å². The third-order valence-electron chi connectivity index (χ3n) is 4.50. The summed E-state index contributed by atoms with van der Waals surface area (Å²) in [6.45, 7) is 1.17. The Morgan fingerprint density at radius 2 is 2.22 bits per heavy atom. The van der Waals surface area contributed by atoms with Crippen LogP contribution >= 0.6 is 11.6 Å². The number of nitrogens with one attached hydrogen (secondary N) is 1. The number of nitriles is 1. The lowest BCUT2D eigenvalue weighted by molar-refractivity contribution is -0.133. The third-order valence-corrected chi connectivity index (χ3v) is 4.81. The molecule has 0 aromatic heterocycles. The molecule has 0 spiro atoms. The Labute approximate surface area is 141 Å². The van der Waals surface area contributed by atoms with Gasteiger partial charge in [0.05, 0.1) is 17.1 Å². The molecule has 1 aromatic carbocycles. The zero-order chi connectivity index (χ0) is 16.2. The lowest BCUT2D eigenvalue weighted by atomic mass is 10.1. The summed E-state index contributed by atoms with van der Waals surface area (Å²) in [7, 11) is 0. The van der Waals surface area contributed by atoms with Gasteiger partial charge in [-0.2, -0.15) is 5.26 Å². The Balaban J connectivity index is 1.51. The van der Waals surface area contributed by atoms with E-state index in [0.29, 0.717) is 23.9 Å². The van der Waals surface area contributed by atoms with E-state index >= 15 is 0 Å². The van der Waals surface area contributed by atoms with Gasteiger partial charge in [-0.25, -0.2) is 0 Å².